The van der Waals surface area contributed by atoms with E-state index in [0.29, 0.717) is 0 Å². The summed E-state index contributed by atoms with van der Waals surface area (Å²) in [4.78, 5) is 0. The van der Waals surface area contributed by atoms with Crippen LogP contribution >= 0.6 is 0 Å². The first-order valence-electron chi connectivity index (χ1n) is 7.77. The van der Waals surface area contributed by atoms with Crippen LogP contribution in [0.15, 0.2) is 0 Å². The SMILES string of the molecule is CC(C)CC(C)C1C(C)C(C)C(C)C(C)C1C. The molecule has 1 fully saturated rings. The molecule has 102 valence electrons. The van der Waals surface area contributed by atoms with Gasteiger partial charge in [0.2, 0.25) is 0 Å². The van der Waals surface area contributed by atoms with E-state index in [1.165, 1.54) is 6.42 Å². The van der Waals surface area contributed by atoms with Crippen molar-refractivity contribution < 1.29 is 0 Å². The third kappa shape index (κ3) is 3.06. The molecule has 0 aromatic rings. The molecule has 0 nitrogen and oxygen atoms in total. The Morgan fingerprint density at radius 1 is 0.647 bits per heavy atom. The Labute approximate surface area is 110 Å². The third-order valence-corrected chi connectivity index (χ3v) is 6.03. The number of hydrogen-bond acceptors (Lipinski definition) is 0. The Bertz CT molecular complexity index is 214. The summed E-state index contributed by atoms with van der Waals surface area (Å²) in [6, 6.07) is 0. The zero-order chi connectivity index (χ0) is 13.3. The van der Waals surface area contributed by atoms with Gasteiger partial charge in [0.1, 0.15) is 0 Å². The summed E-state index contributed by atoms with van der Waals surface area (Å²) in [6.07, 6.45) is 1.40. The van der Waals surface area contributed by atoms with Crippen molar-refractivity contribution >= 4 is 0 Å². The van der Waals surface area contributed by atoms with Crippen molar-refractivity contribution in [2.45, 2.75) is 61.8 Å². The Balaban J connectivity index is 2.82. The van der Waals surface area contributed by atoms with E-state index in [9.17, 15) is 0 Å². The first kappa shape index (κ1) is 15.1. The molecule has 0 spiro atoms. The van der Waals surface area contributed by atoms with Crippen LogP contribution in [0.1, 0.15) is 61.8 Å². The lowest BCUT2D eigenvalue weighted by atomic mass is 9.56. The molecule has 0 bridgehead atoms. The fraction of sp³-hybridized carbons (Fsp3) is 1.00. The van der Waals surface area contributed by atoms with Gasteiger partial charge >= 0.3 is 0 Å². The highest BCUT2D eigenvalue weighted by molar-refractivity contribution is 4.91. The molecule has 0 heteroatoms. The highest BCUT2D eigenvalue weighted by Crippen LogP contribution is 2.49. The standard InChI is InChI=1S/C17H34/c1-10(2)9-11(3)17-15(7)13(5)12(4)14(6)16(17)8/h10-17H,9H2,1-8H3. The van der Waals surface area contributed by atoms with E-state index >= 15 is 0 Å². The molecular weight excluding hydrogens is 204 g/mol. The number of rotatable bonds is 3. The fourth-order valence-corrected chi connectivity index (χ4v) is 4.55. The summed E-state index contributed by atoms with van der Waals surface area (Å²) in [5, 5.41) is 0. The maximum Gasteiger partial charge on any atom is -0.0332 e. The molecule has 0 aliphatic heterocycles. The van der Waals surface area contributed by atoms with E-state index in [2.05, 4.69) is 55.4 Å². The molecule has 0 N–H and O–H groups in total. The second kappa shape index (κ2) is 5.76. The molecular formula is C17H34. The van der Waals surface area contributed by atoms with Crippen LogP contribution in [-0.4, -0.2) is 0 Å². The topological polar surface area (TPSA) is 0 Å². The van der Waals surface area contributed by atoms with Gasteiger partial charge in [0.05, 0.1) is 0 Å². The third-order valence-electron chi connectivity index (χ3n) is 6.03. The number of hydrogen-bond donors (Lipinski definition) is 0. The minimum atomic E-state index is 0.842. The van der Waals surface area contributed by atoms with Gasteiger partial charge in [-0.1, -0.05) is 55.4 Å². The van der Waals surface area contributed by atoms with Gasteiger partial charge in [-0.05, 0) is 53.8 Å². The summed E-state index contributed by atoms with van der Waals surface area (Å²) >= 11 is 0. The molecule has 0 aromatic heterocycles. The Morgan fingerprint density at radius 2 is 1.00 bits per heavy atom. The van der Waals surface area contributed by atoms with Crippen LogP contribution in [0.3, 0.4) is 0 Å². The molecule has 0 radical (unpaired) electrons. The van der Waals surface area contributed by atoms with E-state index in [1.54, 1.807) is 0 Å². The van der Waals surface area contributed by atoms with Crippen LogP contribution in [-0.2, 0) is 0 Å². The summed E-state index contributed by atoms with van der Waals surface area (Å²) in [6.45, 7) is 19.7. The molecule has 1 aliphatic carbocycles. The van der Waals surface area contributed by atoms with Crippen molar-refractivity contribution in [3.05, 3.63) is 0 Å². The van der Waals surface area contributed by atoms with Crippen LogP contribution in [0.5, 0.6) is 0 Å². The lowest BCUT2D eigenvalue weighted by Crippen LogP contribution is -2.44. The first-order valence-corrected chi connectivity index (χ1v) is 7.77. The highest BCUT2D eigenvalue weighted by Gasteiger charge is 2.42. The minimum Gasteiger partial charge on any atom is -0.0628 e. The van der Waals surface area contributed by atoms with Crippen molar-refractivity contribution in [2.24, 2.45) is 47.3 Å². The van der Waals surface area contributed by atoms with E-state index < -0.39 is 0 Å². The Hall–Kier alpha value is 0. The van der Waals surface area contributed by atoms with E-state index in [0.717, 1.165) is 47.3 Å². The first-order chi connectivity index (χ1) is 7.77. The van der Waals surface area contributed by atoms with Crippen LogP contribution in [0.4, 0.5) is 0 Å². The van der Waals surface area contributed by atoms with Crippen LogP contribution < -0.4 is 0 Å². The second-order valence-electron chi connectivity index (χ2n) is 7.48. The smallest absolute Gasteiger partial charge is 0.0332 e. The van der Waals surface area contributed by atoms with Crippen LogP contribution in [0.25, 0.3) is 0 Å². The fourth-order valence-electron chi connectivity index (χ4n) is 4.55. The predicted molar refractivity (Wildman–Crippen MR) is 77.9 cm³/mol. The van der Waals surface area contributed by atoms with Crippen molar-refractivity contribution in [1.82, 2.24) is 0 Å². The quantitative estimate of drug-likeness (QED) is 0.611. The Morgan fingerprint density at radius 3 is 1.35 bits per heavy atom. The average Bonchev–Trinajstić information content (AvgIpc) is 2.23. The second-order valence-corrected chi connectivity index (χ2v) is 7.48. The summed E-state index contributed by atoms with van der Waals surface area (Å²) < 4.78 is 0. The molecule has 0 heterocycles. The van der Waals surface area contributed by atoms with Crippen molar-refractivity contribution in [3.63, 3.8) is 0 Å². The molecule has 1 aliphatic rings. The van der Waals surface area contributed by atoms with Gasteiger partial charge < -0.3 is 0 Å². The molecule has 1 saturated carbocycles. The lowest BCUT2D eigenvalue weighted by Gasteiger charge is -2.50. The van der Waals surface area contributed by atoms with Gasteiger partial charge in [0.15, 0.2) is 0 Å². The monoisotopic (exact) mass is 238 g/mol. The molecule has 0 saturated heterocycles. The molecule has 17 heavy (non-hydrogen) atoms. The van der Waals surface area contributed by atoms with Gasteiger partial charge in [-0.25, -0.2) is 0 Å². The largest absolute Gasteiger partial charge is 0.0628 e. The van der Waals surface area contributed by atoms with E-state index in [4.69, 9.17) is 0 Å². The van der Waals surface area contributed by atoms with Gasteiger partial charge in [-0.15, -0.1) is 0 Å². The molecule has 0 aromatic carbocycles. The van der Waals surface area contributed by atoms with Crippen LogP contribution in [0.2, 0.25) is 0 Å². The summed E-state index contributed by atoms with van der Waals surface area (Å²) in [5.74, 6) is 7.12. The van der Waals surface area contributed by atoms with Gasteiger partial charge in [-0.2, -0.15) is 0 Å². The molecule has 1 rings (SSSR count). The summed E-state index contributed by atoms with van der Waals surface area (Å²) in [5.41, 5.74) is 0. The molecule has 5 unspecified atom stereocenters. The highest BCUT2D eigenvalue weighted by atomic mass is 14.5. The average molecular weight is 238 g/mol. The molecule has 5 atom stereocenters. The van der Waals surface area contributed by atoms with Crippen molar-refractivity contribution in [2.75, 3.05) is 0 Å². The normalized spacial score (nSPS) is 45.0. The van der Waals surface area contributed by atoms with Gasteiger partial charge in [-0.3, -0.25) is 0 Å². The zero-order valence-corrected chi connectivity index (χ0v) is 13.3. The maximum atomic E-state index is 2.50. The Kier molecular flexibility index (Phi) is 5.10. The minimum absolute atomic E-state index is 0.842. The summed E-state index contributed by atoms with van der Waals surface area (Å²) in [7, 11) is 0. The predicted octanol–water partition coefficient (Wildman–Crippen LogP) is 5.48. The van der Waals surface area contributed by atoms with E-state index in [1.807, 2.05) is 0 Å². The van der Waals surface area contributed by atoms with Crippen LogP contribution in [0, 0.1) is 47.3 Å². The van der Waals surface area contributed by atoms with Gasteiger partial charge in [0, 0.05) is 0 Å². The maximum absolute atomic E-state index is 2.50. The molecule has 0 amide bonds. The van der Waals surface area contributed by atoms with E-state index in [-0.39, 0.29) is 0 Å². The lowest BCUT2D eigenvalue weighted by molar-refractivity contribution is -0.0119. The zero-order valence-electron chi connectivity index (χ0n) is 13.3. The van der Waals surface area contributed by atoms with Gasteiger partial charge in [0.25, 0.3) is 0 Å². The van der Waals surface area contributed by atoms with Crippen molar-refractivity contribution in [3.8, 4) is 0 Å². The van der Waals surface area contributed by atoms with Crippen molar-refractivity contribution in [1.29, 1.82) is 0 Å².